The number of fused-ring (bicyclic) bond motifs is 1. The van der Waals surface area contributed by atoms with Gasteiger partial charge >= 0.3 is 6.03 Å². The Morgan fingerprint density at radius 1 is 1.10 bits per heavy atom. The molecule has 0 unspecified atom stereocenters. The number of nitrogens with one attached hydrogen (secondary N) is 2. The van der Waals surface area contributed by atoms with Crippen molar-refractivity contribution in [3.05, 3.63) is 83.9 Å². The molecule has 3 amide bonds. The van der Waals surface area contributed by atoms with Crippen molar-refractivity contribution in [1.29, 1.82) is 0 Å². The monoisotopic (exact) mass is 546 g/mol. The second-order valence-electron chi connectivity index (χ2n) is 10.3. The molecule has 40 heavy (non-hydrogen) atoms. The molecule has 1 heterocycles. The van der Waals surface area contributed by atoms with Gasteiger partial charge in [-0.1, -0.05) is 37.3 Å². The van der Waals surface area contributed by atoms with Crippen molar-refractivity contribution < 1.29 is 24.2 Å². The molecule has 0 fully saturated rings. The molecule has 3 atom stereocenters. The summed E-state index contributed by atoms with van der Waals surface area (Å²) in [6, 6.07) is 21.5. The fraction of sp³-hybridized carbons (Fsp3) is 0.355. The molecular formula is C31H38N4O5. The first-order valence-corrected chi connectivity index (χ1v) is 13.4. The quantitative estimate of drug-likeness (QED) is 0.360. The van der Waals surface area contributed by atoms with Gasteiger partial charge in [0, 0.05) is 36.9 Å². The van der Waals surface area contributed by atoms with Crippen LogP contribution in [0.2, 0.25) is 0 Å². The first-order valence-electron chi connectivity index (χ1n) is 13.4. The molecule has 1 aliphatic rings. The third-order valence-corrected chi connectivity index (χ3v) is 7.06. The van der Waals surface area contributed by atoms with Crippen LogP contribution < -0.4 is 20.1 Å². The number of amides is 3. The van der Waals surface area contributed by atoms with Crippen molar-refractivity contribution in [3.63, 3.8) is 0 Å². The van der Waals surface area contributed by atoms with Gasteiger partial charge < -0.3 is 30.1 Å². The second kappa shape index (κ2) is 13.3. The maximum Gasteiger partial charge on any atom is 0.323 e. The van der Waals surface area contributed by atoms with E-state index < -0.39 is 6.03 Å². The number of benzene rings is 3. The van der Waals surface area contributed by atoms with Gasteiger partial charge in [-0.15, -0.1) is 0 Å². The molecule has 3 N–H and O–H groups in total. The van der Waals surface area contributed by atoms with Crippen LogP contribution in [0.4, 0.5) is 16.2 Å². The number of nitrogens with zero attached hydrogens (tertiary/aromatic N) is 2. The van der Waals surface area contributed by atoms with Gasteiger partial charge in [0.2, 0.25) is 0 Å². The zero-order chi connectivity index (χ0) is 28.6. The van der Waals surface area contributed by atoms with Crippen molar-refractivity contribution in [1.82, 2.24) is 9.80 Å². The van der Waals surface area contributed by atoms with E-state index in [1.54, 1.807) is 54.5 Å². The van der Waals surface area contributed by atoms with Gasteiger partial charge in [-0.05, 0) is 62.0 Å². The Morgan fingerprint density at radius 2 is 1.77 bits per heavy atom. The molecular weight excluding hydrogens is 508 g/mol. The van der Waals surface area contributed by atoms with Crippen molar-refractivity contribution in [2.45, 2.75) is 32.5 Å². The van der Waals surface area contributed by atoms with Gasteiger partial charge in [0.25, 0.3) is 5.91 Å². The first kappa shape index (κ1) is 28.9. The molecule has 0 bridgehead atoms. The van der Waals surface area contributed by atoms with Crippen LogP contribution in [0.3, 0.4) is 0 Å². The number of hydrogen-bond donors (Lipinski definition) is 3. The summed E-state index contributed by atoms with van der Waals surface area (Å²) in [5.41, 5.74) is 2.59. The molecule has 0 aromatic heterocycles. The van der Waals surface area contributed by atoms with Gasteiger partial charge in [-0.3, -0.25) is 9.69 Å². The summed E-state index contributed by atoms with van der Waals surface area (Å²) in [4.78, 5) is 30.3. The van der Waals surface area contributed by atoms with Gasteiger partial charge in [0.05, 0.1) is 25.3 Å². The summed E-state index contributed by atoms with van der Waals surface area (Å²) >= 11 is 0. The Bertz CT molecular complexity index is 1280. The zero-order valence-electron chi connectivity index (χ0n) is 23.5. The minimum atomic E-state index is -0.445. The lowest BCUT2D eigenvalue weighted by Crippen LogP contribution is -2.49. The van der Waals surface area contributed by atoms with E-state index >= 15 is 0 Å². The number of ether oxygens (including phenoxy) is 2. The molecule has 0 spiro atoms. The average molecular weight is 547 g/mol. The van der Waals surface area contributed by atoms with Gasteiger partial charge in [-0.2, -0.15) is 0 Å². The number of anilines is 2. The van der Waals surface area contributed by atoms with E-state index in [9.17, 15) is 14.7 Å². The predicted octanol–water partition coefficient (Wildman–Crippen LogP) is 4.69. The molecule has 0 saturated carbocycles. The van der Waals surface area contributed by atoms with Crippen LogP contribution in [0, 0.1) is 5.92 Å². The number of hydrogen-bond acceptors (Lipinski definition) is 6. The molecule has 0 aliphatic carbocycles. The number of aliphatic hydroxyl groups is 1. The largest absolute Gasteiger partial charge is 0.497 e. The highest BCUT2D eigenvalue weighted by Crippen LogP contribution is 2.31. The molecule has 9 heteroatoms. The van der Waals surface area contributed by atoms with Crippen LogP contribution in [0.25, 0.3) is 0 Å². The molecule has 1 aliphatic heterocycles. The standard InChI is InChI=1S/C31H38N4O5/c1-21-17-35(22(2)20-36)30(37)27-16-25(33-31(38)32-24-10-13-26(39-4)14-11-24)12-15-28(27)40-29(21)19-34(3)18-23-8-6-5-7-9-23/h5-16,21-22,29,36H,17-20H2,1-4H3,(H2,32,33,38)/t21-,22+,29-/m0/s1. The normalized spacial score (nSPS) is 17.8. The predicted molar refractivity (Wildman–Crippen MR) is 156 cm³/mol. The third kappa shape index (κ3) is 7.31. The lowest BCUT2D eigenvalue weighted by Gasteiger charge is -2.38. The summed E-state index contributed by atoms with van der Waals surface area (Å²) in [7, 11) is 3.63. The Morgan fingerprint density at radius 3 is 2.45 bits per heavy atom. The average Bonchev–Trinajstić information content (AvgIpc) is 2.95. The van der Waals surface area contributed by atoms with Crippen molar-refractivity contribution in [2.24, 2.45) is 5.92 Å². The van der Waals surface area contributed by atoms with Gasteiger partial charge in [0.15, 0.2) is 0 Å². The first-order chi connectivity index (χ1) is 19.3. The van der Waals surface area contributed by atoms with E-state index in [0.29, 0.717) is 41.5 Å². The van der Waals surface area contributed by atoms with Crippen LogP contribution >= 0.6 is 0 Å². The Labute approximate surface area is 235 Å². The topological polar surface area (TPSA) is 103 Å². The van der Waals surface area contributed by atoms with Crippen molar-refractivity contribution >= 4 is 23.3 Å². The van der Waals surface area contributed by atoms with E-state index in [2.05, 4.69) is 41.6 Å². The molecule has 0 saturated heterocycles. The lowest BCUT2D eigenvalue weighted by atomic mass is 9.99. The van der Waals surface area contributed by atoms with Gasteiger partial charge in [0.1, 0.15) is 17.6 Å². The number of carbonyl (C=O) groups is 2. The number of methoxy groups -OCH3 is 1. The molecule has 212 valence electrons. The summed E-state index contributed by atoms with van der Waals surface area (Å²) in [5, 5.41) is 15.5. The number of likely N-dealkylation sites (N-methyl/N-ethyl adjacent to an activating group) is 1. The number of urea groups is 1. The Kier molecular flexibility index (Phi) is 9.63. The minimum absolute atomic E-state index is 0.0115. The molecule has 0 radical (unpaired) electrons. The second-order valence-corrected chi connectivity index (χ2v) is 10.3. The SMILES string of the molecule is COc1ccc(NC(=O)Nc2ccc3c(c2)C(=O)N([C@H](C)CO)C[C@H](C)[C@H](CN(C)Cc2ccccc2)O3)cc1. The molecule has 3 aromatic rings. The number of aliphatic hydroxyl groups excluding tert-OH is 1. The van der Waals surface area contributed by atoms with Gasteiger partial charge in [-0.25, -0.2) is 4.79 Å². The van der Waals surface area contributed by atoms with Crippen LogP contribution in [-0.4, -0.2) is 72.8 Å². The number of carbonyl (C=O) groups excluding carboxylic acids is 2. The van der Waals surface area contributed by atoms with Crippen LogP contribution in [0.5, 0.6) is 11.5 Å². The highest BCUT2D eigenvalue weighted by Gasteiger charge is 2.33. The fourth-order valence-electron chi connectivity index (χ4n) is 4.75. The summed E-state index contributed by atoms with van der Waals surface area (Å²) in [6.45, 7) is 5.58. The highest BCUT2D eigenvalue weighted by atomic mass is 16.5. The maximum absolute atomic E-state index is 13.7. The fourth-order valence-corrected chi connectivity index (χ4v) is 4.75. The van der Waals surface area contributed by atoms with Crippen LogP contribution in [0.1, 0.15) is 29.8 Å². The smallest absolute Gasteiger partial charge is 0.323 e. The molecule has 9 nitrogen and oxygen atoms in total. The molecule has 3 aromatic carbocycles. The Hall–Kier alpha value is -4.08. The van der Waals surface area contributed by atoms with E-state index in [0.717, 1.165) is 6.54 Å². The van der Waals surface area contributed by atoms with Crippen LogP contribution in [0.15, 0.2) is 72.8 Å². The minimum Gasteiger partial charge on any atom is -0.497 e. The van der Waals surface area contributed by atoms with E-state index in [-0.39, 0.29) is 30.6 Å². The van der Waals surface area contributed by atoms with Crippen molar-refractivity contribution in [3.8, 4) is 11.5 Å². The lowest BCUT2D eigenvalue weighted by molar-refractivity contribution is 0.0341. The molecule has 4 rings (SSSR count). The van der Waals surface area contributed by atoms with E-state index in [1.165, 1.54) is 5.56 Å². The summed E-state index contributed by atoms with van der Waals surface area (Å²) in [5.74, 6) is 0.897. The van der Waals surface area contributed by atoms with E-state index in [1.807, 2.05) is 25.1 Å². The van der Waals surface area contributed by atoms with E-state index in [4.69, 9.17) is 9.47 Å². The zero-order valence-corrected chi connectivity index (χ0v) is 23.5. The summed E-state index contributed by atoms with van der Waals surface area (Å²) < 4.78 is 11.6. The maximum atomic E-state index is 13.7. The number of rotatable bonds is 9. The van der Waals surface area contributed by atoms with Crippen molar-refractivity contribution in [2.75, 3.05) is 44.5 Å². The summed E-state index contributed by atoms with van der Waals surface area (Å²) in [6.07, 6.45) is -0.203. The highest BCUT2D eigenvalue weighted by molar-refractivity contribution is 6.02. The Balaban J connectivity index is 1.54. The van der Waals surface area contributed by atoms with Crippen LogP contribution in [-0.2, 0) is 6.54 Å². The third-order valence-electron chi connectivity index (χ3n) is 7.06.